The zero-order valence-corrected chi connectivity index (χ0v) is 15.4. The highest BCUT2D eigenvalue weighted by Crippen LogP contribution is 2.32. The highest BCUT2D eigenvalue weighted by Gasteiger charge is 2.34. The largest absolute Gasteiger partial charge is 0.493 e. The summed E-state index contributed by atoms with van der Waals surface area (Å²) in [6.07, 6.45) is 6.42. The van der Waals surface area contributed by atoms with Gasteiger partial charge >= 0.3 is 0 Å². The molecule has 1 aromatic rings. The lowest BCUT2D eigenvalue weighted by molar-refractivity contribution is -0.134. The Kier molecular flexibility index (Phi) is 5.14. The maximum atomic E-state index is 12.4. The fourth-order valence-corrected chi connectivity index (χ4v) is 3.92. The molecule has 0 radical (unpaired) electrons. The Hall–Kier alpha value is -2.04. The Morgan fingerprint density at radius 3 is 2.15 bits per heavy atom. The molecule has 26 heavy (non-hydrogen) atoms. The molecule has 2 saturated heterocycles. The lowest BCUT2D eigenvalue weighted by atomic mass is 9.97. The predicted octanol–water partition coefficient (Wildman–Crippen LogP) is 2.95. The van der Waals surface area contributed by atoms with Crippen molar-refractivity contribution in [2.45, 2.75) is 38.5 Å². The number of nitrogens with zero attached hydrogens (tertiary/aromatic N) is 2. The number of rotatable bonds is 5. The maximum Gasteiger partial charge on any atom is 0.253 e. The van der Waals surface area contributed by atoms with E-state index in [0.29, 0.717) is 24.3 Å². The molecule has 1 saturated carbocycles. The Morgan fingerprint density at radius 1 is 0.885 bits per heavy atom. The first-order valence-corrected chi connectivity index (χ1v) is 10.0. The van der Waals surface area contributed by atoms with E-state index in [2.05, 4.69) is 0 Å². The minimum absolute atomic E-state index is 0.127. The van der Waals surface area contributed by atoms with Crippen molar-refractivity contribution in [2.24, 2.45) is 11.8 Å². The van der Waals surface area contributed by atoms with E-state index < -0.39 is 0 Å². The van der Waals surface area contributed by atoms with E-state index in [9.17, 15) is 9.59 Å². The van der Waals surface area contributed by atoms with E-state index in [0.717, 1.165) is 76.0 Å². The second-order valence-electron chi connectivity index (χ2n) is 7.88. The van der Waals surface area contributed by atoms with Gasteiger partial charge in [-0.15, -0.1) is 0 Å². The summed E-state index contributed by atoms with van der Waals surface area (Å²) in [5, 5.41) is 0. The monoisotopic (exact) mass is 356 g/mol. The minimum atomic E-state index is 0.127. The van der Waals surface area contributed by atoms with Crippen LogP contribution < -0.4 is 4.74 Å². The van der Waals surface area contributed by atoms with Crippen LogP contribution in [-0.4, -0.2) is 54.4 Å². The van der Waals surface area contributed by atoms with Gasteiger partial charge in [0.05, 0.1) is 6.61 Å². The van der Waals surface area contributed by atoms with Crippen LogP contribution in [0.15, 0.2) is 24.3 Å². The number of likely N-dealkylation sites (tertiary alicyclic amines) is 2. The Labute approximate surface area is 155 Å². The van der Waals surface area contributed by atoms with Crippen LogP contribution in [0.1, 0.15) is 48.9 Å². The SMILES string of the molecule is O=C(c1ccc(OCC2CCN(C(=O)C3CC3)CC2)cc1)N1CCCC1. The summed E-state index contributed by atoms with van der Waals surface area (Å²) in [6.45, 7) is 4.17. The van der Waals surface area contributed by atoms with Gasteiger partial charge in [0.2, 0.25) is 5.91 Å². The van der Waals surface area contributed by atoms with Gasteiger partial charge < -0.3 is 14.5 Å². The summed E-state index contributed by atoms with van der Waals surface area (Å²) >= 11 is 0. The number of piperidine rings is 1. The molecule has 5 nitrogen and oxygen atoms in total. The van der Waals surface area contributed by atoms with E-state index >= 15 is 0 Å². The molecule has 0 atom stereocenters. The third-order valence-corrected chi connectivity index (χ3v) is 5.83. The molecule has 0 bridgehead atoms. The molecular formula is C21H28N2O3. The number of hydrogen-bond donors (Lipinski definition) is 0. The average molecular weight is 356 g/mol. The Bertz CT molecular complexity index is 640. The van der Waals surface area contributed by atoms with Crippen molar-refractivity contribution in [1.82, 2.24) is 9.80 Å². The number of amides is 2. The first kappa shape index (κ1) is 17.4. The van der Waals surface area contributed by atoms with Crippen LogP contribution in [0.3, 0.4) is 0 Å². The van der Waals surface area contributed by atoms with Crippen molar-refractivity contribution in [2.75, 3.05) is 32.8 Å². The third-order valence-electron chi connectivity index (χ3n) is 5.83. The summed E-state index contributed by atoms with van der Waals surface area (Å²) < 4.78 is 5.93. The third kappa shape index (κ3) is 4.02. The molecule has 3 fully saturated rings. The molecule has 1 aromatic carbocycles. The first-order valence-electron chi connectivity index (χ1n) is 10.0. The van der Waals surface area contributed by atoms with E-state index in [1.54, 1.807) is 0 Å². The van der Waals surface area contributed by atoms with E-state index in [1.807, 2.05) is 34.1 Å². The van der Waals surface area contributed by atoms with Crippen molar-refractivity contribution >= 4 is 11.8 Å². The van der Waals surface area contributed by atoms with E-state index in [-0.39, 0.29) is 5.91 Å². The summed E-state index contributed by atoms with van der Waals surface area (Å²) in [5.74, 6) is 2.14. The van der Waals surface area contributed by atoms with Gasteiger partial charge in [-0.3, -0.25) is 9.59 Å². The van der Waals surface area contributed by atoms with Crippen LogP contribution in [-0.2, 0) is 4.79 Å². The average Bonchev–Trinajstić information content (AvgIpc) is 3.40. The zero-order valence-electron chi connectivity index (χ0n) is 15.4. The van der Waals surface area contributed by atoms with Gasteiger partial charge in [-0.1, -0.05) is 0 Å². The second-order valence-corrected chi connectivity index (χ2v) is 7.88. The number of carbonyl (C=O) groups is 2. The van der Waals surface area contributed by atoms with Gasteiger partial charge in [-0.25, -0.2) is 0 Å². The maximum absolute atomic E-state index is 12.4. The second kappa shape index (κ2) is 7.68. The zero-order chi connectivity index (χ0) is 17.9. The number of benzene rings is 1. The lowest BCUT2D eigenvalue weighted by Crippen LogP contribution is -2.40. The van der Waals surface area contributed by atoms with Gasteiger partial charge in [-0.2, -0.15) is 0 Å². The van der Waals surface area contributed by atoms with E-state index in [1.165, 1.54) is 0 Å². The van der Waals surface area contributed by atoms with Crippen molar-refractivity contribution < 1.29 is 14.3 Å². The summed E-state index contributed by atoms with van der Waals surface area (Å²) in [7, 11) is 0. The molecule has 4 rings (SSSR count). The highest BCUT2D eigenvalue weighted by atomic mass is 16.5. The van der Waals surface area contributed by atoms with Gasteiger partial charge in [0.25, 0.3) is 5.91 Å². The molecule has 0 aromatic heterocycles. The first-order chi connectivity index (χ1) is 12.7. The van der Waals surface area contributed by atoms with Crippen LogP contribution in [0.2, 0.25) is 0 Å². The molecule has 0 spiro atoms. The summed E-state index contributed by atoms with van der Waals surface area (Å²) in [5.41, 5.74) is 0.742. The molecule has 1 aliphatic carbocycles. The standard InChI is InChI=1S/C21H28N2O3/c24-20(22-11-1-2-12-22)18-5-7-19(8-6-18)26-15-16-9-13-23(14-10-16)21(25)17-3-4-17/h5-8,16-17H,1-4,9-15H2. The number of carbonyl (C=O) groups excluding carboxylic acids is 2. The predicted molar refractivity (Wildman–Crippen MR) is 99.1 cm³/mol. The van der Waals surface area contributed by atoms with Gasteiger partial charge in [0.15, 0.2) is 0 Å². The summed E-state index contributed by atoms with van der Waals surface area (Å²) in [6, 6.07) is 7.53. The Balaban J connectivity index is 1.22. The molecule has 140 valence electrons. The lowest BCUT2D eigenvalue weighted by Gasteiger charge is -2.32. The number of hydrogen-bond acceptors (Lipinski definition) is 3. The quantitative estimate of drug-likeness (QED) is 0.815. The fraction of sp³-hybridized carbons (Fsp3) is 0.619. The van der Waals surface area contributed by atoms with Crippen LogP contribution in [0.5, 0.6) is 5.75 Å². The smallest absolute Gasteiger partial charge is 0.253 e. The summed E-state index contributed by atoms with van der Waals surface area (Å²) in [4.78, 5) is 28.4. The molecule has 0 N–H and O–H groups in total. The molecule has 3 aliphatic rings. The normalized spacial score (nSPS) is 21.1. The van der Waals surface area contributed by atoms with Crippen molar-refractivity contribution in [1.29, 1.82) is 0 Å². The van der Waals surface area contributed by atoms with Crippen molar-refractivity contribution in [3.63, 3.8) is 0 Å². The molecule has 2 heterocycles. The highest BCUT2D eigenvalue weighted by molar-refractivity contribution is 5.94. The van der Waals surface area contributed by atoms with Crippen LogP contribution in [0.25, 0.3) is 0 Å². The van der Waals surface area contributed by atoms with Gasteiger partial charge in [0.1, 0.15) is 5.75 Å². The van der Waals surface area contributed by atoms with Gasteiger partial charge in [0, 0.05) is 37.7 Å². The minimum Gasteiger partial charge on any atom is -0.493 e. The van der Waals surface area contributed by atoms with E-state index in [4.69, 9.17) is 4.74 Å². The molecular weight excluding hydrogens is 328 g/mol. The van der Waals surface area contributed by atoms with Crippen molar-refractivity contribution in [3.05, 3.63) is 29.8 Å². The van der Waals surface area contributed by atoms with Crippen LogP contribution >= 0.6 is 0 Å². The number of ether oxygens (including phenoxy) is 1. The molecule has 5 heteroatoms. The molecule has 0 unspecified atom stereocenters. The van der Waals surface area contributed by atoms with Crippen LogP contribution in [0, 0.1) is 11.8 Å². The fourth-order valence-electron chi connectivity index (χ4n) is 3.92. The Morgan fingerprint density at radius 2 is 1.54 bits per heavy atom. The van der Waals surface area contributed by atoms with Crippen molar-refractivity contribution in [3.8, 4) is 5.75 Å². The van der Waals surface area contributed by atoms with Gasteiger partial charge in [-0.05, 0) is 68.7 Å². The molecule has 2 amide bonds. The molecule has 2 aliphatic heterocycles. The van der Waals surface area contributed by atoms with Crippen LogP contribution in [0.4, 0.5) is 0 Å². The topological polar surface area (TPSA) is 49.9 Å².